The van der Waals surface area contributed by atoms with Gasteiger partial charge in [0.05, 0.1) is 36.4 Å². The van der Waals surface area contributed by atoms with Crippen LogP contribution in [0.2, 0.25) is 0 Å². The molecule has 7 heteroatoms. The topological polar surface area (TPSA) is 68.7 Å². The van der Waals surface area contributed by atoms with E-state index < -0.39 is 0 Å². The molecule has 32 heavy (non-hydrogen) atoms. The molecule has 0 spiro atoms. The molecule has 166 valence electrons. The van der Waals surface area contributed by atoms with Crippen LogP contribution in [0, 0.1) is 5.82 Å². The lowest BCUT2D eigenvalue weighted by atomic mass is 10.0. The Morgan fingerprint density at radius 1 is 1.19 bits per heavy atom. The molecule has 0 N–H and O–H groups in total. The van der Waals surface area contributed by atoms with Crippen LogP contribution >= 0.6 is 0 Å². The molecular weight excluding hydrogens is 411 g/mol. The molecule has 1 atom stereocenters. The Kier molecular flexibility index (Phi) is 6.75. The summed E-state index contributed by atoms with van der Waals surface area (Å²) >= 11 is 0. The number of pyridine rings is 1. The molecule has 2 aromatic carbocycles. The van der Waals surface area contributed by atoms with Crippen molar-refractivity contribution in [2.45, 2.75) is 25.4 Å². The maximum atomic E-state index is 13.7. The zero-order chi connectivity index (χ0) is 22.5. The zero-order valence-corrected chi connectivity index (χ0v) is 17.9. The number of benzene rings is 2. The zero-order valence-electron chi connectivity index (χ0n) is 17.9. The predicted octanol–water partition coefficient (Wildman–Crippen LogP) is 4.23. The van der Waals surface area contributed by atoms with Crippen LogP contribution < -0.4 is 0 Å². The number of methoxy groups -OCH3 is 1. The van der Waals surface area contributed by atoms with E-state index in [0.29, 0.717) is 35.5 Å². The van der Waals surface area contributed by atoms with E-state index in [9.17, 15) is 14.0 Å². The molecule has 0 saturated carbocycles. The first-order valence-electron chi connectivity index (χ1n) is 10.7. The van der Waals surface area contributed by atoms with Crippen LogP contribution in [0.15, 0.2) is 54.6 Å². The second kappa shape index (κ2) is 9.87. The fraction of sp³-hybridized carbons (Fsp3) is 0.320. The lowest BCUT2D eigenvalue weighted by Crippen LogP contribution is -2.39. The maximum Gasteiger partial charge on any atom is 0.307 e. The van der Waals surface area contributed by atoms with Gasteiger partial charge < -0.3 is 14.4 Å². The van der Waals surface area contributed by atoms with Gasteiger partial charge in [0, 0.05) is 30.6 Å². The summed E-state index contributed by atoms with van der Waals surface area (Å²) in [5.41, 5.74) is 2.45. The van der Waals surface area contributed by atoms with Crippen molar-refractivity contribution in [1.82, 2.24) is 9.88 Å². The number of esters is 1. The minimum absolute atomic E-state index is 0.0544. The van der Waals surface area contributed by atoms with E-state index in [1.54, 1.807) is 23.1 Å². The third kappa shape index (κ3) is 4.94. The quantitative estimate of drug-likeness (QED) is 0.519. The van der Waals surface area contributed by atoms with E-state index in [4.69, 9.17) is 9.47 Å². The SMILES string of the molecule is COC(=O)CCN(CC1CCCO1)C(=O)c1cc(-c2ccc(F)cc2)nc2ccccc12. The number of aromatic nitrogens is 1. The van der Waals surface area contributed by atoms with Crippen molar-refractivity contribution in [1.29, 1.82) is 0 Å². The van der Waals surface area contributed by atoms with Crippen LogP contribution in [0.4, 0.5) is 4.39 Å². The number of amides is 1. The average molecular weight is 436 g/mol. The van der Waals surface area contributed by atoms with Crippen LogP contribution in [-0.2, 0) is 14.3 Å². The Bertz CT molecular complexity index is 1110. The highest BCUT2D eigenvalue weighted by molar-refractivity contribution is 6.07. The van der Waals surface area contributed by atoms with Gasteiger partial charge in [-0.05, 0) is 49.2 Å². The van der Waals surface area contributed by atoms with Crippen molar-refractivity contribution in [2.24, 2.45) is 0 Å². The summed E-state index contributed by atoms with van der Waals surface area (Å²) in [4.78, 5) is 31.8. The van der Waals surface area contributed by atoms with Gasteiger partial charge in [-0.25, -0.2) is 9.37 Å². The molecular formula is C25H25FN2O4. The fourth-order valence-corrected chi connectivity index (χ4v) is 3.93. The van der Waals surface area contributed by atoms with Gasteiger partial charge in [-0.15, -0.1) is 0 Å². The van der Waals surface area contributed by atoms with Gasteiger partial charge in [-0.3, -0.25) is 9.59 Å². The van der Waals surface area contributed by atoms with E-state index in [-0.39, 0.29) is 36.8 Å². The van der Waals surface area contributed by atoms with Crippen LogP contribution in [0.1, 0.15) is 29.6 Å². The number of hydrogen-bond donors (Lipinski definition) is 0. The minimum Gasteiger partial charge on any atom is -0.469 e. The van der Waals surface area contributed by atoms with E-state index in [1.807, 2.05) is 24.3 Å². The van der Waals surface area contributed by atoms with Crippen molar-refractivity contribution < 1.29 is 23.5 Å². The Labute approximate surface area is 186 Å². The van der Waals surface area contributed by atoms with Crippen LogP contribution in [0.25, 0.3) is 22.2 Å². The standard InChI is InChI=1S/C25H25FN2O4/c1-31-24(29)12-13-28(16-19-5-4-14-32-19)25(30)21-15-23(17-8-10-18(26)11-9-17)27-22-7-3-2-6-20(21)22/h2-3,6-11,15,19H,4-5,12-14,16H2,1H3. The van der Waals surface area contributed by atoms with Gasteiger partial charge >= 0.3 is 5.97 Å². The Hall–Kier alpha value is -3.32. The van der Waals surface area contributed by atoms with Crippen LogP contribution in [0.5, 0.6) is 0 Å². The minimum atomic E-state index is -0.373. The highest BCUT2D eigenvalue weighted by Gasteiger charge is 2.26. The second-order valence-electron chi connectivity index (χ2n) is 7.79. The normalized spacial score (nSPS) is 15.6. The molecule has 1 aliphatic heterocycles. The number of carbonyl (C=O) groups is 2. The average Bonchev–Trinajstić information content (AvgIpc) is 3.34. The summed E-state index contributed by atoms with van der Waals surface area (Å²) in [5, 5.41) is 0.721. The first kappa shape index (κ1) is 21.9. The fourth-order valence-electron chi connectivity index (χ4n) is 3.93. The lowest BCUT2D eigenvalue weighted by molar-refractivity contribution is -0.140. The van der Waals surface area contributed by atoms with Crippen molar-refractivity contribution in [3.8, 4) is 11.3 Å². The first-order chi connectivity index (χ1) is 15.5. The highest BCUT2D eigenvalue weighted by atomic mass is 19.1. The largest absolute Gasteiger partial charge is 0.469 e. The van der Waals surface area contributed by atoms with Gasteiger partial charge in [0.1, 0.15) is 5.82 Å². The third-order valence-corrected chi connectivity index (χ3v) is 5.64. The number of halogens is 1. The van der Waals surface area contributed by atoms with Gasteiger partial charge in [0.25, 0.3) is 5.91 Å². The predicted molar refractivity (Wildman–Crippen MR) is 119 cm³/mol. The molecule has 4 rings (SSSR count). The van der Waals surface area contributed by atoms with Crippen molar-refractivity contribution in [3.63, 3.8) is 0 Å². The first-order valence-corrected chi connectivity index (χ1v) is 10.7. The molecule has 1 saturated heterocycles. The van der Waals surface area contributed by atoms with Crippen LogP contribution in [-0.4, -0.2) is 54.7 Å². The number of rotatable bonds is 7. The Morgan fingerprint density at radius 2 is 1.97 bits per heavy atom. The van der Waals surface area contributed by atoms with Crippen molar-refractivity contribution in [3.05, 3.63) is 66.0 Å². The van der Waals surface area contributed by atoms with Gasteiger partial charge in [-0.1, -0.05) is 18.2 Å². The van der Waals surface area contributed by atoms with E-state index in [0.717, 1.165) is 18.2 Å². The molecule has 0 bridgehead atoms. The highest BCUT2D eigenvalue weighted by Crippen LogP contribution is 2.27. The Morgan fingerprint density at radius 3 is 2.69 bits per heavy atom. The lowest BCUT2D eigenvalue weighted by Gasteiger charge is -2.26. The maximum absolute atomic E-state index is 13.7. The molecule has 1 fully saturated rings. The molecule has 1 unspecified atom stereocenters. The third-order valence-electron chi connectivity index (χ3n) is 5.64. The molecule has 1 aromatic heterocycles. The number of carbonyl (C=O) groups excluding carboxylic acids is 2. The summed E-state index contributed by atoms with van der Waals surface area (Å²) in [6, 6.07) is 15.2. The van der Waals surface area contributed by atoms with E-state index in [2.05, 4.69) is 4.98 Å². The molecule has 6 nitrogen and oxygen atoms in total. The smallest absolute Gasteiger partial charge is 0.307 e. The second-order valence-corrected chi connectivity index (χ2v) is 7.79. The monoisotopic (exact) mass is 436 g/mol. The number of nitrogens with zero attached hydrogens (tertiary/aromatic N) is 2. The summed E-state index contributed by atoms with van der Waals surface area (Å²) in [7, 11) is 1.33. The summed E-state index contributed by atoms with van der Waals surface area (Å²) in [6.45, 7) is 1.31. The molecule has 1 aliphatic rings. The van der Waals surface area contributed by atoms with E-state index in [1.165, 1.54) is 19.2 Å². The number of fused-ring (bicyclic) bond motifs is 1. The van der Waals surface area contributed by atoms with E-state index >= 15 is 0 Å². The number of ether oxygens (including phenoxy) is 2. The molecule has 0 radical (unpaired) electrons. The molecule has 3 aromatic rings. The van der Waals surface area contributed by atoms with Gasteiger partial charge in [-0.2, -0.15) is 0 Å². The summed E-state index contributed by atoms with van der Waals surface area (Å²) in [6.07, 6.45) is 1.88. The molecule has 0 aliphatic carbocycles. The summed E-state index contributed by atoms with van der Waals surface area (Å²) in [5.74, 6) is -0.913. The number of para-hydroxylation sites is 1. The van der Waals surface area contributed by atoms with Crippen LogP contribution in [0.3, 0.4) is 0 Å². The molecule has 2 heterocycles. The van der Waals surface area contributed by atoms with Gasteiger partial charge in [0.15, 0.2) is 0 Å². The molecule has 1 amide bonds. The Balaban J connectivity index is 1.72. The summed E-state index contributed by atoms with van der Waals surface area (Å²) < 4.78 is 23.9. The van der Waals surface area contributed by atoms with Gasteiger partial charge in [0.2, 0.25) is 0 Å². The number of hydrogen-bond acceptors (Lipinski definition) is 5. The van der Waals surface area contributed by atoms with Crippen molar-refractivity contribution in [2.75, 3.05) is 26.8 Å². The van der Waals surface area contributed by atoms with Crippen molar-refractivity contribution >= 4 is 22.8 Å².